The smallest absolute Gasteiger partial charge is 0.322 e. The third kappa shape index (κ3) is 3.26. The van der Waals surface area contributed by atoms with Gasteiger partial charge in [0, 0.05) is 32.0 Å². The van der Waals surface area contributed by atoms with Gasteiger partial charge in [0.15, 0.2) is 0 Å². The van der Waals surface area contributed by atoms with Crippen molar-refractivity contribution in [2.24, 2.45) is 0 Å². The van der Waals surface area contributed by atoms with E-state index in [9.17, 15) is 13.2 Å². The average molecular weight is 449 g/mol. The lowest BCUT2D eigenvalue weighted by Crippen LogP contribution is -2.57. The first-order chi connectivity index (χ1) is 14.4. The van der Waals surface area contributed by atoms with E-state index in [2.05, 4.69) is 10.3 Å². The van der Waals surface area contributed by atoms with Gasteiger partial charge in [0.1, 0.15) is 10.9 Å². The lowest BCUT2D eigenvalue weighted by molar-refractivity contribution is -0.0946. The van der Waals surface area contributed by atoms with Crippen LogP contribution in [-0.4, -0.2) is 65.2 Å². The zero-order chi connectivity index (χ0) is 20.9. The molecule has 0 radical (unpaired) electrons. The second kappa shape index (κ2) is 7.19. The highest BCUT2D eigenvalue weighted by Crippen LogP contribution is 2.47. The minimum Gasteiger partial charge on any atom is -0.365 e. The number of benzene rings is 1. The minimum atomic E-state index is -3.54. The van der Waals surface area contributed by atoms with Crippen LogP contribution in [0.25, 0.3) is 0 Å². The number of morpholine rings is 1. The molecule has 1 aromatic heterocycles. The molecule has 1 spiro atoms. The topological polar surface area (TPSA) is 91.8 Å². The van der Waals surface area contributed by atoms with Crippen LogP contribution in [0.15, 0.2) is 48.8 Å². The van der Waals surface area contributed by atoms with E-state index in [1.54, 1.807) is 47.6 Å². The van der Waals surface area contributed by atoms with Crippen LogP contribution < -0.4 is 5.32 Å². The van der Waals surface area contributed by atoms with Crippen molar-refractivity contribution in [2.75, 3.05) is 25.0 Å². The maximum Gasteiger partial charge on any atom is 0.322 e. The van der Waals surface area contributed by atoms with Crippen LogP contribution in [-0.2, 0) is 21.3 Å². The van der Waals surface area contributed by atoms with E-state index in [0.717, 1.165) is 5.56 Å². The first-order valence-corrected chi connectivity index (χ1v) is 11.6. The van der Waals surface area contributed by atoms with Gasteiger partial charge in [-0.25, -0.2) is 13.2 Å². The van der Waals surface area contributed by atoms with Gasteiger partial charge in [-0.1, -0.05) is 29.8 Å². The number of carbonyl (C=O) groups excluding carboxylic acids is 1. The van der Waals surface area contributed by atoms with Crippen molar-refractivity contribution in [3.63, 3.8) is 0 Å². The van der Waals surface area contributed by atoms with E-state index >= 15 is 0 Å². The van der Waals surface area contributed by atoms with Crippen molar-refractivity contribution < 1.29 is 17.9 Å². The number of pyridine rings is 1. The molecule has 3 fully saturated rings. The molecule has 8 nitrogen and oxygen atoms in total. The van der Waals surface area contributed by atoms with E-state index < -0.39 is 20.9 Å². The molecule has 3 aliphatic rings. The Labute approximate surface area is 179 Å². The van der Waals surface area contributed by atoms with Crippen molar-refractivity contribution >= 4 is 33.3 Å². The Bertz CT molecular complexity index is 1080. The number of likely N-dealkylation sites (tertiary alicyclic amines) is 1. The van der Waals surface area contributed by atoms with E-state index in [1.807, 2.05) is 6.07 Å². The quantitative estimate of drug-likeness (QED) is 0.778. The molecule has 158 valence electrons. The van der Waals surface area contributed by atoms with Gasteiger partial charge in [0.2, 0.25) is 10.0 Å². The largest absolute Gasteiger partial charge is 0.365 e. The average Bonchev–Trinajstić information content (AvgIpc) is 3.09. The van der Waals surface area contributed by atoms with Crippen molar-refractivity contribution in [2.45, 2.75) is 29.9 Å². The van der Waals surface area contributed by atoms with E-state index in [-0.39, 0.29) is 31.8 Å². The number of halogens is 1. The standard InChI is InChI=1S/C20H21ClN4O4S/c21-16-5-1-2-6-17(16)23-19(26)24-11-15-8-18-20(12-24,29-15)13-25(30(18,27)28)10-14-4-3-7-22-9-14/h1-7,9,15,18H,8,10-13H2,(H,23,26)/t15-,18+,20+/m0/s1. The summed E-state index contributed by atoms with van der Waals surface area (Å²) in [5.41, 5.74) is 0.425. The lowest BCUT2D eigenvalue weighted by atomic mass is 9.99. The molecule has 3 atom stereocenters. The highest BCUT2D eigenvalue weighted by molar-refractivity contribution is 7.90. The zero-order valence-corrected chi connectivity index (χ0v) is 17.6. The molecular weight excluding hydrogens is 428 g/mol. The maximum atomic E-state index is 13.2. The summed E-state index contributed by atoms with van der Waals surface area (Å²) in [5, 5.41) is 2.63. The lowest BCUT2D eigenvalue weighted by Gasteiger charge is -2.39. The van der Waals surface area contributed by atoms with Gasteiger partial charge < -0.3 is 15.0 Å². The number of anilines is 1. The number of urea groups is 1. The fraction of sp³-hybridized carbons (Fsp3) is 0.400. The highest BCUT2D eigenvalue weighted by atomic mass is 35.5. The molecule has 3 saturated heterocycles. The summed E-state index contributed by atoms with van der Waals surface area (Å²) in [6.07, 6.45) is 3.41. The van der Waals surface area contributed by atoms with E-state index in [4.69, 9.17) is 16.3 Å². The molecule has 1 N–H and O–H groups in total. The summed E-state index contributed by atoms with van der Waals surface area (Å²) in [6, 6.07) is 10.3. The van der Waals surface area contributed by atoms with Gasteiger partial charge in [0.25, 0.3) is 0 Å². The molecule has 2 aromatic rings. The molecule has 10 heteroatoms. The normalized spacial score (nSPS) is 29.6. The molecule has 30 heavy (non-hydrogen) atoms. The molecule has 2 amide bonds. The SMILES string of the molecule is O=C(Nc1ccccc1Cl)N1C[C@@H]2C[C@@H]3[C@@](C1)(CN(Cc1cccnc1)S3(=O)=O)O2. The Balaban J connectivity index is 1.36. The molecule has 0 saturated carbocycles. The number of amides is 2. The number of nitrogens with one attached hydrogen (secondary N) is 1. The number of sulfonamides is 1. The molecule has 5 rings (SSSR count). The van der Waals surface area contributed by atoms with E-state index in [1.165, 1.54) is 4.31 Å². The first kappa shape index (κ1) is 19.7. The minimum absolute atomic E-state index is 0.215. The van der Waals surface area contributed by atoms with Crippen LogP contribution in [0.1, 0.15) is 12.0 Å². The summed E-state index contributed by atoms with van der Waals surface area (Å²) in [4.78, 5) is 18.6. The van der Waals surface area contributed by atoms with Crippen molar-refractivity contribution in [1.82, 2.24) is 14.2 Å². The van der Waals surface area contributed by atoms with Crippen LogP contribution in [0.2, 0.25) is 5.02 Å². The fourth-order valence-corrected chi connectivity index (χ4v) is 7.17. The van der Waals surface area contributed by atoms with Crippen LogP contribution in [0.4, 0.5) is 10.5 Å². The Kier molecular flexibility index (Phi) is 4.73. The number of aromatic nitrogens is 1. The first-order valence-electron chi connectivity index (χ1n) is 9.73. The number of ether oxygens (including phenoxy) is 1. The van der Waals surface area contributed by atoms with Crippen LogP contribution in [0.3, 0.4) is 0 Å². The Morgan fingerprint density at radius 1 is 1.27 bits per heavy atom. The molecule has 0 aliphatic carbocycles. The Hall–Kier alpha value is -2.20. The molecule has 2 bridgehead atoms. The number of nitrogens with zero attached hydrogens (tertiary/aromatic N) is 3. The summed E-state index contributed by atoms with van der Waals surface area (Å²) in [7, 11) is -3.54. The summed E-state index contributed by atoms with van der Waals surface area (Å²) in [5.74, 6) is 0. The molecular formula is C20H21ClN4O4S. The van der Waals surface area contributed by atoms with Gasteiger partial charge in [-0.15, -0.1) is 0 Å². The van der Waals surface area contributed by atoms with E-state index in [0.29, 0.717) is 23.7 Å². The van der Waals surface area contributed by atoms with Crippen LogP contribution >= 0.6 is 11.6 Å². The third-order valence-electron chi connectivity index (χ3n) is 6.00. The third-order valence-corrected chi connectivity index (χ3v) is 8.64. The maximum absolute atomic E-state index is 13.2. The van der Waals surface area contributed by atoms with Crippen molar-refractivity contribution in [3.05, 3.63) is 59.4 Å². The van der Waals surface area contributed by atoms with Gasteiger partial charge in [0.05, 0.1) is 23.4 Å². The van der Waals surface area contributed by atoms with Crippen molar-refractivity contribution in [1.29, 1.82) is 0 Å². The summed E-state index contributed by atoms with van der Waals surface area (Å²) < 4.78 is 34.1. The summed E-state index contributed by atoms with van der Waals surface area (Å²) in [6.45, 7) is 1.04. The highest BCUT2D eigenvalue weighted by Gasteiger charge is 2.65. The predicted octanol–water partition coefficient (Wildman–Crippen LogP) is 2.32. The van der Waals surface area contributed by atoms with Crippen LogP contribution in [0.5, 0.6) is 0 Å². The molecule has 0 unspecified atom stereocenters. The number of rotatable bonds is 3. The van der Waals surface area contributed by atoms with Gasteiger partial charge in [-0.05, 0) is 30.2 Å². The van der Waals surface area contributed by atoms with Crippen molar-refractivity contribution in [3.8, 4) is 0 Å². The number of hydrogen-bond acceptors (Lipinski definition) is 5. The Morgan fingerprint density at radius 3 is 2.87 bits per heavy atom. The summed E-state index contributed by atoms with van der Waals surface area (Å²) >= 11 is 6.15. The zero-order valence-electron chi connectivity index (χ0n) is 16.1. The van der Waals surface area contributed by atoms with Gasteiger partial charge in [-0.2, -0.15) is 4.31 Å². The molecule has 4 heterocycles. The molecule has 3 aliphatic heterocycles. The molecule has 1 aromatic carbocycles. The number of carbonyl (C=O) groups is 1. The Morgan fingerprint density at radius 2 is 2.10 bits per heavy atom. The van der Waals surface area contributed by atoms with Gasteiger partial charge >= 0.3 is 6.03 Å². The second-order valence-corrected chi connectivity index (χ2v) is 10.5. The van der Waals surface area contributed by atoms with Crippen LogP contribution in [0, 0.1) is 0 Å². The monoisotopic (exact) mass is 448 g/mol. The predicted molar refractivity (Wildman–Crippen MR) is 112 cm³/mol. The number of para-hydroxylation sites is 1. The fourth-order valence-electron chi connectivity index (χ4n) is 4.70. The van der Waals surface area contributed by atoms with Gasteiger partial charge in [-0.3, -0.25) is 4.98 Å². The number of hydrogen-bond donors (Lipinski definition) is 1. The number of fused-ring (bicyclic) bond motifs is 1. The second-order valence-electron chi connectivity index (χ2n) is 7.99.